The molecule has 1 aliphatic carbocycles. The molecule has 0 bridgehead atoms. The number of fused-ring (bicyclic) bond motifs is 3. The van der Waals surface area contributed by atoms with Crippen molar-refractivity contribution in [3.8, 4) is 5.75 Å². The second-order valence-corrected chi connectivity index (χ2v) is 9.73. The molecular formula is C18H24BN3O4S. The topological polar surface area (TPSA) is 104 Å². The van der Waals surface area contributed by atoms with Crippen LogP contribution >= 0.6 is 0 Å². The van der Waals surface area contributed by atoms with Gasteiger partial charge in [-0.1, -0.05) is 13.8 Å². The number of aromatic nitrogens is 2. The highest BCUT2D eigenvalue weighted by Crippen LogP contribution is 2.46. The minimum atomic E-state index is -3.25. The lowest BCUT2D eigenvalue weighted by molar-refractivity contribution is 0.308. The number of rotatable bonds is 6. The van der Waals surface area contributed by atoms with Crippen LogP contribution in [0.25, 0.3) is 16.6 Å². The van der Waals surface area contributed by atoms with Crippen molar-refractivity contribution >= 4 is 33.7 Å². The Morgan fingerprint density at radius 3 is 2.96 bits per heavy atom. The number of hydrogen-bond donors (Lipinski definition) is 3. The second-order valence-electron chi connectivity index (χ2n) is 7.85. The van der Waals surface area contributed by atoms with Gasteiger partial charge in [0.2, 0.25) is 10.0 Å². The first-order valence-corrected chi connectivity index (χ1v) is 11.0. The summed E-state index contributed by atoms with van der Waals surface area (Å²) in [5.41, 5.74) is 2.72. The van der Waals surface area contributed by atoms with Crippen LogP contribution in [0, 0.1) is 11.8 Å². The molecule has 2 aromatic heterocycles. The molecule has 4 rings (SSSR count). The van der Waals surface area contributed by atoms with Crippen molar-refractivity contribution in [3.05, 3.63) is 30.0 Å². The molecule has 1 saturated carbocycles. The molecule has 144 valence electrons. The Bertz CT molecular complexity index is 980. The molecule has 0 spiro atoms. The van der Waals surface area contributed by atoms with E-state index in [1.807, 2.05) is 26.1 Å². The second kappa shape index (κ2) is 6.96. The van der Waals surface area contributed by atoms with Gasteiger partial charge in [-0.3, -0.25) is 0 Å². The lowest BCUT2D eigenvalue weighted by Crippen LogP contribution is -2.46. The van der Waals surface area contributed by atoms with Crippen LogP contribution in [-0.4, -0.2) is 42.3 Å². The number of sulfonamides is 1. The summed E-state index contributed by atoms with van der Waals surface area (Å²) in [5.74, 6) is 3.00. The standard InChI is InChI=1S/C18H24BN3O4S/c1-11(2)4-6-27(24,25)22-13-7-12(8-13)15-9-19(23)26-16-10-21-18-14(17(15)16)3-5-20-18/h3,5,9-13,22-23H,4,6-8H2,1-2H3,(H,20,21). The minimum absolute atomic E-state index is 0.0555. The predicted molar refractivity (Wildman–Crippen MR) is 106 cm³/mol. The molecule has 0 amide bonds. The maximum absolute atomic E-state index is 12.2. The molecule has 0 aromatic carbocycles. The lowest BCUT2D eigenvalue weighted by atomic mass is 9.68. The van der Waals surface area contributed by atoms with Gasteiger partial charge in [-0.15, -0.1) is 0 Å². The third-order valence-electron chi connectivity index (χ3n) is 5.30. The van der Waals surface area contributed by atoms with Gasteiger partial charge in [0.05, 0.1) is 11.9 Å². The van der Waals surface area contributed by atoms with Crippen LogP contribution in [0.1, 0.15) is 38.7 Å². The third kappa shape index (κ3) is 3.76. The molecule has 1 fully saturated rings. The van der Waals surface area contributed by atoms with E-state index in [0.717, 1.165) is 22.2 Å². The van der Waals surface area contributed by atoms with Crippen molar-refractivity contribution in [2.45, 2.75) is 39.2 Å². The highest BCUT2D eigenvalue weighted by atomic mass is 32.2. The first-order valence-electron chi connectivity index (χ1n) is 9.35. The van der Waals surface area contributed by atoms with Crippen LogP contribution in [0.3, 0.4) is 0 Å². The fraction of sp³-hybridized carbons (Fsp3) is 0.500. The highest BCUT2D eigenvalue weighted by Gasteiger charge is 2.38. The zero-order chi connectivity index (χ0) is 19.2. The monoisotopic (exact) mass is 389 g/mol. The molecule has 3 N–H and O–H groups in total. The lowest BCUT2D eigenvalue weighted by Gasteiger charge is -2.39. The maximum atomic E-state index is 12.2. The Balaban J connectivity index is 1.49. The average molecular weight is 389 g/mol. The summed E-state index contributed by atoms with van der Waals surface area (Å²) >= 11 is 0. The Morgan fingerprint density at radius 1 is 1.44 bits per heavy atom. The van der Waals surface area contributed by atoms with Crippen LogP contribution in [0.4, 0.5) is 0 Å². The van der Waals surface area contributed by atoms with E-state index in [0.29, 0.717) is 30.9 Å². The Kier molecular flexibility index (Phi) is 4.77. The van der Waals surface area contributed by atoms with E-state index in [1.54, 1.807) is 12.2 Å². The molecule has 2 aliphatic rings. The Morgan fingerprint density at radius 2 is 2.22 bits per heavy atom. The molecule has 9 heteroatoms. The fourth-order valence-corrected chi connectivity index (χ4v) is 5.39. The van der Waals surface area contributed by atoms with E-state index in [2.05, 4.69) is 14.7 Å². The Labute approximate surface area is 159 Å². The van der Waals surface area contributed by atoms with Crippen LogP contribution in [0.2, 0.25) is 0 Å². The number of nitrogens with one attached hydrogen (secondary N) is 2. The zero-order valence-electron chi connectivity index (χ0n) is 15.5. The number of nitrogens with zero attached hydrogens (tertiary/aromatic N) is 1. The van der Waals surface area contributed by atoms with Gasteiger partial charge < -0.3 is 14.7 Å². The molecule has 3 heterocycles. The molecule has 0 saturated heterocycles. The highest BCUT2D eigenvalue weighted by molar-refractivity contribution is 7.89. The number of allylic oxidation sites excluding steroid dienone is 1. The minimum Gasteiger partial charge on any atom is -0.531 e. The zero-order valence-corrected chi connectivity index (χ0v) is 16.3. The van der Waals surface area contributed by atoms with Crippen molar-refractivity contribution in [2.75, 3.05) is 5.75 Å². The van der Waals surface area contributed by atoms with Gasteiger partial charge in [-0.05, 0) is 48.7 Å². The molecular weight excluding hydrogens is 365 g/mol. The van der Waals surface area contributed by atoms with Gasteiger partial charge in [0, 0.05) is 23.2 Å². The van der Waals surface area contributed by atoms with Gasteiger partial charge in [-0.25, -0.2) is 18.1 Å². The van der Waals surface area contributed by atoms with E-state index in [4.69, 9.17) is 4.65 Å². The van der Waals surface area contributed by atoms with Gasteiger partial charge in [0.25, 0.3) is 0 Å². The quantitative estimate of drug-likeness (QED) is 0.657. The molecule has 7 nitrogen and oxygen atoms in total. The van der Waals surface area contributed by atoms with E-state index < -0.39 is 17.1 Å². The van der Waals surface area contributed by atoms with Crippen LogP contribution in [0.5, 0.6) is 5.75 Å². The fourth-order valence-electron chi connectivity index (χ4n) is 3.79. The summed E-state index contributed by atoms with van der Waals surface area (Å²) < 4.78 is 32.8. The summed E-state index contributed by atoms with van der Waals surface area (Å²) in [6.45, 7) is 4.04. The van der Waals surface area contributed by atoms with Gasteiger partial charge in [0.15, 0.2) is 0 Å². The van der Waals surface area contributed by atoms with E-state index in [-0.39, 0.29) is 17.7 Å². The number of pyridine rings is 1. The van der Waals surface area contributed by atoms with Crippen LogP contribution < -0.4 is 9.38 Å². The summed E-state index contributed by atoms with van der Waals surface area (Å²) in [6, 6.07) is 1.89. The predicted octanol–water partition coefficient (Wildman–Crippen LogP) is 2.10. The van der Waals surface area contributed by atoms with Gasteiger partial charge >= 0.3 is 7.12 Å². The van der Waals surface area contributed by atoms with Crippen LogP contribution in [-0.2, 0) is 10.0 Å². The average Bonchev–Trinajstić information content (AvgIpc) is 3.04. The van der Waals surface area contributed by atoms with Gasteiger partial charge in [-0.2, -0.15) is 0 Å². The molecule has 0 atom stereocenters. The number of aromatic amines is 1. The third-order valence-corrected chi connectivity index (χ3v) is 6.76. The summed E-state index contributed by atoms with van der Waals surface area (Å²) in [4.78, 5) is 7.41. The molecule has 2 aromatic rings. The van der Waals surface area contributed by atoms with E-state index >= 15 is 0 Å². The molecule has 27 heavy (non-hydrogen) atoms. The SMILES string of the molecule is CC(C)CCS(=O)(=O)NC1CC(C2=CB(O)Oc3cnc4[nH]ccc4c32)C1. The largest absolute Gasteiger partial charge is 0.552 e. The summed E-state index contributed by atoms with van der Waals surface area (Å²) in [6.07, 6.45) is 5.54. The van der Waals surface area contributed by atoms with Crippen molar-refractivity contribution in [2.24, 2.45) is 11.8 Å². The smallest absolute Gasteiger partial charge is 0.531 e. The Hall–Kier alpha value is -1.84. The van der Waals surface area contributed by atoms with Crippen molar-refractivity contribution in [1.29, 1.82) is 0 Å². The van der Waals surface area contributed by atoms with E-state index in [1.165, 1.54) is 0 Å². The first kappa shape index (κ1) is 18.5. The first-order chi connectivity index (χ1) is 12.8. The van der Waals surface area contributed by atoms with Gasteiger partial charge in [0.1, 0.15) is 11.4 Å². The van der Waals surface area contributed by atoms with Crippen molar-refractivity contribution in [1.82, 2.24) is 14.7 Å². The summed E-state index contributed by atoms with van der Waals surface area (Å²) in [7, 11) is -4.25. The normalized spacial score (nSPS) is 22.4. The molecule has 1 aliphatic heterocycles. The number of hydrogen-bond acceptors (Lipinski definition) is 5. The summed E-state index contributed by atoms with van der Waals surface area (Å²) in [5, 5.41) is 11.0. The van der Waals surface area contributed by atoms with Crippen LogP contribution in [0.15, 0.2) is 24.4 Å². The van der Waals surface area contributed by atoms with E-state index in [9.17, 15) is 13.4 Å². The number of H-pyrrole nitrogens is 1. The molecule has 0 radical (unpaired) electrons. The van der Waals surface area contributed by atoms with Crippen molar-refractivity contribution < 1.29 is 18.1 Å². The van der Waals surface area contributed by atoms with Crippen molar-refractivity contribution in [3.63, 3.8) is 0 Å². The maximum Gasteiger partial charge on any atom is 0.552 e. The molecule has 0 unspecified atom stereocenters.